The lowest BCUT2D eigenvalue weighted by atomic mass is 10.1. The van der Waals surface area contributed by atoms with Crippen molar-refractivity contribution in [3.05, 3.63) is 22.7 Å². The fraction of sp³-hybridized carbons (Fsp3) is 0.840. The summed E-state index contributed by atoms with van der Waals surface area (Å²) in [6.07, 6.45) is -3.54. The molecule has 0 aromatic carbocycles. The second-order valence-electron chi connectivity index (χ2n) is 14.4. The minimum Gasteiger partial charge on any atom is -0.413 e. The van der Waals surface area contributed by atoms with E-state index in [1.165, 1.54) is 12.3 Å². The number of nitrogens with two attached hydrogens (primary N) is 1. The first-order valence-corrected chi connectivity index (χ1v) is 16.4. The van der Waals surface area contributed by atoms with Crippen molar-refractivity contribution in [3.8, 4) is 0 Å². The number of hydrogen-bond acceptors (Lipinski definition) is 7. The Hall–Kier alpha value is -1.19. The molecule has 212 valence electrons. The third-order valence-electron chi connectivity index (χ3n) is 7.43. The average molecular weight is 562 g/mol. The van der Waals surface area contributed by atoms with Crippen molar-refractivity contribution in [1.82, 2.24) is 9.55 Å². The van der Waals surface area contributed by atoms with Gasteiger partial charge >= 0.3 is 28.7 Å². The quantitative estimate of drug-likeness (QED) is 0.428. The van der Waals surface area contributed by atoms with Gasteiger partial charge in [-0.15, -0.1) is 0 Å². The molecule has 0 aliphatic carbocycles. The number of alkyl halides is 2. The molecule has 3 heterocycles. The van der Waals surface area contributed by atoms with Gasteiger partial charge in [-0.3, -0.25) is 4.57 Å². The number of halogens is 2. The molecule has 12 heteroatoms. The molecule has 0 bridgehead atoms. The summed E-state index contributed by atoms with van der Waals surface area (Å²) in [6.45, 7) is 24.3. The maximum atomic E-state index is 16.3. The van der Waals surface area contributed by atoms with Crippen molar-refractivity contribution in [2.24, 2.45) is 0 Å². The molecule has 37 heavy (non-hydrogen) atoms. The van der Waals surface area contributed by atoms with Crippen LogP contribution in [-0.4, -0.2) is 51.4 Å². The molecule has 0 spiro atoms. The largest absolute Gasteiger partial charge is 0.413 e. The first-order valence-electron chi connectivity index (χ1n) is 12.8. The fourth-order valence-corrected chi connectivity index (χ4v) is 20.2. The zero-order valence-corrected chi connectivity index (χ0v) is 26.4. The van der Waals surface area contributed by atoms with Crippen LogP contribution in [0.4, 0.5) is 14.6 Å². The van der Waals surface area contributed by atoms with E-state index >= 15 is 8.78 Å². The van der Waals surface area contributed by atoms with Crippen LogP contribution in [0.25, 0.3) is 0 Å². The normalized spacial score (nSPS) is 28.3. The van der Waals surface area contributed by atoms with Gasteiger partial charge in [0.25, 0.3) is 0 Å². The summed E-state index contributed by atoms with van der Waals surface area (Å²) >= 11 is 0. The minimum absolute atomic E-state index is 0.0559. The zero-order valence-electron chi connectivity index (χ0n) is 24.4. The predicted molar refractivity (Wildman–Crippen MR) is 144 cm³/mol. The Kier molecular flexibility index (Phi) is 7.32. The van der Waals surface area contributed by atoms with Gasteiger partial charge in [0.1, 0.15) is 18.0 Å². The summed E-state index contributed by atoms with van der Waals surface area (Å²) in [4.78, 5) is 16.2. The first-order chi connectivity index (χ1) is 16.4. The highest BCUT2D eigenvalue weighted by Crippen LogP contribution is 2.63. The fourth-order valence-electron chi connectivity index (χ4n) is 6.14. The van der Waals surface area contributed by atoms with Crippen LogP contribution in [0.1, 0.15) is 89.3 Å². The summed E-state index contributed by atoms with van der Waals surface area (Å²) in [5.41, 5.74) is 4.67. The van der Waals surface area contributed by atoms with E-state index in [0.29, 0.717) is 0 Å². The molecule has 2 N–H and O–H groups in total. The zero-order chi connectivity index (χ0) is 28.6. The number of fused-ring (bicyclic) bond motifs is 1. The van der Waals surface area contributed by atoms with E-state index in [1.54, 1.807) is 0 Å². The van der Waals surface area contributed by atoms with E-state index in [2.05, 4.69) is 46.5 Å². The molecule has 1 aromatic rings. The third-order valence-corrected chi connectivity index (χ3v) is 18.8. The second-order valence-corrected chi connectivity index (χ2v) is 24.2. The summed E-state index contributed by atoms with van der Waals surface area (Å²) < 4.78 is 60.1. The lowest BCUT2D eigenvalue weighted by Crippen LogP contribution is -2.72. The van der Waals surface area contributed by atoms with Crippen LogP contribution in [0.3, 0.4) is 0 Å². The maximum Gasteiger partial charge on any atom is 0.351 e. The van der Waals surface area contributed by atoms with E-state index in [4.69, 9.17) is 23.4 Å². The van der Waals surface area contributed by atoms with E-state index < -0.39 is 67.3 Å². The minimum atomic E-state index is -3.60. The number of rotatable bonds is 1. The molecule has 1 aromatic heterocycles. The molecule has 0 radical (unpaired) electrons. The molecule has 3 atom stereocenters. The monoisotopic (exact) mass is 561 g/mol. The molecular weight excluding hydrogens is 516 g/mol. The van der Waals surface area contributed by atoms with Gasteiger partial charge in [0.2, 0.25) is 6.23 Å². The highest BCUT2D eigenvalue weighted by atomic mass is 28.5. The molecule has 8 nitrogen and oxygen atoms in total. The van der Waals surface area contributed by atoms with Crippen LogP contribution >= 0.6 is 0 Å². The van der Waals surface area contributed by atoms with Crippen molar-refractivity contribution in [3.63, 3.8) is 0 Å². The van der Waals surface area contributed by atoms with Crippen LogP contribution in [0.5, 0.6) is 0 Å². The highest BCUT2D eigenvalue weighted by molar-refractivity contribution is 6.86. The number of hydrogen-bond donors (Lipinski definition) is 1. The Balaban J connectivity index is 2.29. The highest BCUT2D eigenvalue weighted by Gasteiger charge is 2.73. The number of anilines is 1. The van der Waals surface area contributed by atoms with Crippen molar-refractivity contribution >= 4 is 22.9 Å². The Morgan fingerprint density at radius 3 is 1.86 bits per heavy atom. The lowest BCUT2D eigenvalue weighted by molar-refractivity contribution is -0.141. The van der Waals surface area contributed by atoms with Crippen LogP contribution in [0.15, 0.2) is 17.1 Å². The molecule has 2 aliphatic heterocycles. The molecule has 0 amide bonds. The standard InChI is InChI=1S/C25H45F2N3O5Si2/c1-21(2,3)36(22(4,5)6)32-15-16-18(34-37(35-36,23(7,8)9)24(10,11)12)25(26,27)19(33-16)30-14-13-17(28)29-20(30)31/h13-14,16,18-19H,15H2,1-12H3,(H2,28,29,31). The summed E-state index contributed by atoms with van der Waals surface area (Å²) in [5, 5.41) is -2.07. The van der Waals surface area contributed by atoms with Crippen molar-refractivity contribution in [1.29, 1.82) is 0 Å². The molecule has 0 saturated carbocycles. The summed E-state index contributed by atoms with van der Waals surface area (Å²) in [7, 11) is -6.83. The van der Waals surface area contributed by atoms with Gasteiger partial charge in [0, 0.05) is 26.3 Å². The molecule has 2 saturated heterocycles. The van der Waals surface area contributed by atoms with Crippen molar-refractivity contribution in [2.75, 3.05) is 12.3 Å². The van der Waals surface area contributed by atoms with Gasteiger partial charge in [0.15, 0.2) is 0 Å². The molecule has 2 fully saturated rings. The lowest BCUT2D eigenvalue weighted by Gasteiger charge is -2.60. The average Bonchev–Trinajstić information content (AvgIpc) is 2.87. The topological polar surface area (TPSA) is 97.8 Å². The van der Waals surface area contributed by atoms with Gasteiger partial charge in [0.05, 0.1) is 6.61 Å². The molecular formula is C25H45F2N3O5Si2. The number of aromatic nitrogens is 2. The number of nitrogens with zero attached hydrogens (tertiary/aromatic N) is 2. The third kappa shape index (κ3) is 4.75. The van der Waals surface area contributed by atoms with Crippen LogP contribution in [-0.2, 0) is 17.7 Å². The van der Waals surface area contributed by atoms with Gasteiger partial charge < -0.3 is 23.4 Å². The Morgan fingerprint density at radius 2 is 1.43 bits per heavy atom. The Labute approximate surface area is 221 Å². The molecule has 2 aliphatic rings. The van der Waals surface area contributed by atoms with Crippen LogP contribution in [0.2, 0.25) is 20.2 Å². The molecule has 3 rings (SSSR count). The summed E-state index contributed by atoms with van der Waals surface area (Å²) in [5.74, 6) is -3.63. The Morgan fingerprint density at radius 1 is 0.946 bits per heavy atom. The van der Waals surface area contributed by atoms with Crippen LogP contribution < -0.4 is 11.4 Å². The smallest absolute Gasteiger partial charge is 0.351 e. The maximum absolute atomic E-state index is 16.3. The van der Waals surface area contributed by atoms with E-state index in [0.717, 1.165) is 4.57 Å². The molecule has 3 unspecified atom stereocenters. The van der Waals surface area contributed by atoms with Crippen LogP contribution in [0, 0.1) is 0 Å². The van der Waals surface area contributed by atoms with Gasteiger partial charge in [-0.05, 0) is 6.07 Å². The van der Waals surface area contributed by atoms with Gasteiger partial charge in [-0.25, -0.2) is 4.79 Å². The van der Waals surface area contributed by atoms with E-state index in [9.17, 15) is 4.79 Å². The summed E-state index contributed by atoms with van der Waals surface area (Å²) in [6, 6.07) is 1.29. The SMILES string of the molecule is CC(C)(C)[Si]1(C(C)(C)C)OCC2OC(n3ccc(N)nc3=O)C(F)(F)C2O[Si](C(C)(C)C)(C(C)(C)C)O1. The van der Waals surface area contributed by atoms with E-state index in [1.807, 2.05) is 41.5 Å². The van der Waals surface area contributed by atoms with Crippen molar-refractivity contribution in [2.45, 2.75) is 128 Å². The Bertz CT molecular complexity index is 1040. The predicted octanol–water partition coefficient (Wildman–Crippen LogP) is 5.88. The number of nitrogen functional groups attached to an aromatic ring is 1. The van der Waals surface area contributed by atoms with E-state index in [-0.39, 0.29) is 12.4 Å². The number of ether oxygens (including phenoxy) is 1. The van der Waals surface area contributed by atoms with Gasteiger partial charge in [-0.1, -0.05) is 83.1 Å². The van der Waals surface area contributed by atoms with Gasteiger partial charge in [-0.2, -0.15) is 13.8 Å². The van der Waals surface area contributed by atoms with Crippen molar-refractivity contribution < 1.29 is 26.5 Å². The second kappa shape index (κ2) is 8.92. The first kappa shape index (κ1) is 30.4.